The number of hydrogen-bond donors (Lipinski definition) is 0. The van der Waals surface area contributed by atoms with Crippen LogP contribution >= 0.6 is 0 Å². The Morgan fingerprint density at radius 2 is 1.21 bits per heavy atom. The molecule has 0 saturated heterocycles. The molecule has 134 valence electrons. The average Bonchev–Trinajstić information content (AvgIpc) is 2.61. The Hall–Kier alpha value is -2.41. The predicted molar refractivity (Wildman–Crippen MR) is 87.0 cm³/mol. The van der Waals surface area contributed by atoms with Crippen LogP contribution in [-0.2, 0) is 33.3 Å². The van der Waals surface area contributed by atoms with Gasteiger partial charge in [0, 0.05) is 31.4 Å². The molecule has 0 spiro atoms. The van der Waals surface area contributed by atoms with Gasteiger partial charge in [0.05, 0.1) is 5.41 Å². The molecule has 0 N–H and O–H groups in total. The summed E-state index contributed by atoms with van der Waals surface area (Å²) in [7, 11) is 0. The number of ether oxygens (including phenoxy) is 4. The Morgan fingerprint density at radius 3 is 1.50 bits per heavy atom. The third-order valence-corrected chi connectivity index (χ3v) is 3.04. The van der Waals surface area contributed by atoms with Gasteiger partial charge in [-0.2, -0.15) is 0 Å². The van der Waals surface area contributed by atoms with E-state index in [1.165, 1.54) is 0 Å². The summed E-state index contributed by atoms with van der Waals surface area (Å²) in [4.78, 5) is 34.1. The second kappa shape index (κ2) is 12.1. The van der Waals surface area contributed by atoms with Crippen molar-refractivity contribution in [2.24, 2.45) is 5.41 Å². The molecule has 0 heterocycles. The minimum Gasteiger partial charge on any atom is -0.462 e. The Balaban J connectivity index is 5.16. The Bertz CT molecular complexity index is 408. The van der Waals surface area contributed by atoms with E-state index < -0.39 is 23.3 Å². The van der Waals surface area contributed by atoms with Crippen molar-refractivity contribution in [3.8, 4) is 0 Å². The first-order chi connectivity index (χ1) is 11.4. The summed E-state index contributed by atoms with van der Waals surface area (Å²) in [5.74, 6) is -1.91. The Morgan fingerprint density at radius 1 is 0.833 bits per heavy atom. The van der Waals surface area contributed by atoms with Gasteiger partial charge in [0.1, 0.15) is 19.8 Å². The van der Waals surface area contributed by atoms with Crippen LogP contribution in [0.1, 0.15) is 13.3 Å². The lowest BCUT2D eigenvalue weighted by Crippen LogP contribution is -2.40. The molecule has 0 aromatic heterocycles. The van der Waals surface area contributed by atoms with Gasteiger partial charge in [-0.05, 0) is 13.3 Å². The maximum Gasteiger partial charge on any atom is 0.330 e. The Labute approximate surface area is 141 Å². The highest BCUT2D eigenvalue weighted by Crippen LogP contribution is 2.25. The molecule has 0 atom stereocenters. The monoisotopic (exact) mass is 340 g/mol. The highest BCUT2D eigenvalue weighted by Gasteiger charge is 2.35. The molecule has 0 aliphatic carbocycles. The number of hydrogen-bond acceptors (Lipinski definition) is 7. The number of carbonyl (C=O) groups is 3. The van der Waals surface area contributed by atoms with Crippen molar-refractivity contribution in [2.75, 3.05) is 33.0 Å². The lowest BCUT2D eigenvalue weighted by molar-refractivity contribution is -0.157. The lowest BCUT2D eigenvalue weighted by Gasteiger charge is -2.31. The van der Waals surface area contributed by atoms with Gasteiger partial charge in [0.2, 0.25) is 0 Å². The van der Waals surface area contributed by atoms with Crippen LogP contribution in [0.5, 0.6) is 0 Å². The third kappa shape index (κ3) is 8.89. The van der Waals surface area contributed by atoms with Gasteiger partial charge in [-0.3, -0.25) is 0 Å². The smallest absolute Gasteiger partial charge is 0.330 e. The summed E-state index contributed by atoms with van der Waals surface area (Å²) in [6, 6.07) is 0. The summed E-state index contributed by atoms with van der Waals surface area (Å²) < 4.78 is 20.5. The predicted octanol–water partition coefficient (Wildman–Crippen LogP) is 1.59. The van der Waals surface area contributed by atoms with Crippen LogP contribution in [0.3, 0.4) is 0 Å². The fourth-order valence-corrected chi connectivity index (χ4v) is 1.62. The highest BCUT2D eigenvalue weighted by atomic mass is 16.6. The molecule has 0 saturated carbocycles. The average molecular weight is 340 g/mol. The van der Waals surface area contributed by atoms with Gasteiger partial charge in [-0.15, -0.1) is 0 Å². The molecular formula is C17H24O7. The first-order valence-corrected chi connectivity index (χ1v) is 7.38. The second-order valence-electron chi connectivity index (χ2n) is 4.88. The van der Waals surface area contributed by atoms with Crippen molar-refractivity contribution >= 4 is 17.9 Å². The molecule has 7 nitrogen and oxygen atoms in total. The standard InChI is InChI=1S/C17H24O7/c1-5-14(18)22-11-17(9-10-21-8-4,12-23-15(19)6-2)13-24-16(20)7-3/h5-7H,1-3,8-13H2,4H3. The van der Waals surface area contributed by atoms with E-state index in [1.54, 1.807) is 0 Å². The van der Waals surface area contributed by atoms with Gasteiger partial charge in [0.15, 0.2) is 0 Å². The van der Waals surface area contributed by atoms with Crippen molar-refractivity contribution in [1.82, 2.24) is 0 Å². The first-order valence-electron chi connectivity index (χ1n) is 7.38. The van der Waals surface area contributed by atoms with Crippen molar-refractivity contribution < 1.29 is 33.3 Å². The van der Waals surface area contributed by atoms with Crippen molar-refractivity contribution in [3.63, 3.8) is 0 Å². The third-order valence-electron chi connectivity index (χ3n) is 3.04. The molecule has 0 radical (unpaired) electrons. The molecule has 24 heavy (non-hydrogen) atoms. The molecule has 0 aliphatic heterocycles. The van der Waals surface area contributed by atoms with E-state index in [4.69, 9.17) is 18.9 Å². The number of carbonyl (C=O) groups excluding carboxylic acids is 3. The molecule has 0 aliphatic rings. The zero-order chi connectivity index (χ0) is 18.4. The van der Waals surface area contributed by atoms with Gasteiger partial charge >= 0.3 is 17.9 Å². The topological polar surface area (TPSA) is 88.1 Å². The summed E-state index contributed by atoms with van der Waals surface area (Å²) >= 11 is 0. The van der Waals surface area contributed by atoms with Crippen LogP contribution in [0.2, 0.25) is 0 Å². The van der Waals surface area contributed by atoms with Crippen LogP contribution in [-0.4, -0.2) is 50.9 Å². The number of esters is 3. The molecule has 0 fully saturated rings. The van der Waals surface area contributed by atoms with E-state index in [9.17, 15) is 14.4 Å². The van der Waals surface area contributed by atoms with Crippen molar-refractivity contribution in [3.05, 3.63) is 38.0 Å². The van der Waals surface area contributed by atoms with Gasteiger partial charge in [0.25, 0.3) is 0 Å². The summed E-state index contributed by atoms with van der Waals surface area (Å²) in [5, 5.41) is 0. The van der Waals surface area contributed by atoms with Crippen molar-refractivity contribution in [1.29, 1.82) is 0 Å². The minimum absolute atomic E-state index is 0.139. The zero-order valence-electron chi connectivity index (χ0n) is 14.0. The molecule has 7 heteroatoms. The fourth-order valence-electron chi connectivity index (χ4n) is 1.62. The van der Waals surface area contributed by atoms with Gasteiger partial charge in [-0.1, -0.05) is 19.7 Å². The minimum atomic E-state index is -0.953. The van der Waals surface area contributed by atoms with E-state index in [2.05, 4.69) is 19.7 Å². The summed E-state index contributed by atoms with van der Waals surface area (Å²) in [5.41, 5.74) is -0.953. The highest BCUT2D eigenvalue weighted by molar-refractivity contribution is 5.82. The second-order valence-corrected chi connectivity index (χ2v) is 4.88. The zero-order valence-corrected chi connectivity index (χ0v) is 14.0. The molecule has 0 bridgehead atoms. The number of rotatable bonds is 13. The van der Waals surface area contributed by atoms with Crippen LogP contribution in [0.15, 0.2) is 38.0 Å². The van der Waals surface area contributed by atoms with Crippen LogP contribution in [0, 0.1) is 5.41 Å². The van der Waals surface area contributed by atoms with Crippen molar-refractivity contribution in [2.45, 2.75) is 13.3 Å². The molecule has 0 aromatic carbocycles. The normalized spacial score (nSPS) is 10.4. The van der Waals surface area contributed by atoms with E-state index in [-0.39, 0.29) is 19.8 Å². The molecular weight excluding hydrogens is 316 g/mol. The lowest BCUT2D eigenvalue weighted by atomic mass is 9.87. The summed E-state index contributed by atoms with van der Waals surface area (Å²) in [6.07, 6.45) is 3.37. The summed E-state index contributed by atoms with van der Waals surface area (Å²) in [6.45, 7) is 12.1. The Kier molecular flexibility index (Phi) is 10.9. The van der Waals surface area contributed by atoms with Crippen LogP contribution in [0.4, 0.5) is 0 Å². The molecule has 0 amide bonds. The quantitative estimate of drug-likeness (QED) is 0.218. The van der Waals surface area contributed by atoms with E-state index in [1.807, 2.05) is 6.92 Å². The van der Waals surface area contributed by atoms with Crippen LogP contribution < -0.4 is 0 Å². The SMILES string of the molecule is C=CC(=O)OCC(CCOCC)(COC(=O)C=C)COC(=O)C=C. The van der Waals surface area contributed by atoms with E-state index in [0.717, 1.165) is 18.2 Å². The fraction of sp³-hybridized carbons (Fsp3) is 0.471. The first kappa shape index (κ1) is 21.6. The van der Waals surface area contributed by atoms with E-state index in [0.29, 0.717) is 19.6 Å². The van der Waals surface area contributed by atoms with E-state index >= 15 is 0 Å². The molecule has 0 rings (SSSR count). The van der Waals surface area contributed by atoms with Crippen LogP contribution in [0.25, 0.3) is 0 Å². The van der Waals surface area contributed by atoms with Gasteiger partial charge < -0.3 is 18.9 Å². The molecule has 0 aromatic rings. The van der Waals surface area contributed by atoms with Gasteiger partial charge in [-0.25, -0.2) is 14.4 Å². The maximum absolute atomic E-state index is 11.4. The largest absolute Gasteiger partial charge is 0.462 e. The maximum atomic E-state index is 11.4. The molecule has 0 unspecified atom stereocenters.